The third kappa shape index (κ3) is 4.88. The van der Waals surface area contributed by atoms with Gasteiger partial charge < -0.3 is 5.11 Å². The third-order valence-corrected chi connectivity index (χ3v) is 6.16. The SMILES string of the molecule is CN(CC(=O)N/N=C\c1ccc(C(=O)O)cc1)S(=O)(=O)c1ccc2ccccc2c1. The quantitative estimate of drug-likeness (QED) is 0.445. The molecule has 0 spiro atoms. The number of benzene rings is 3. The number of carboxylic acids is 1. The number of carbonyl (C=O) groups is 2. The maximum absolute atomic E-state index is 12.8. The summed E-state index contributed by atoms with van der Waals surface area (Å²) >= 11 is 0. The number of amides is 1. The molecule has 9 heteroatoms. The summed E-state index contributed by atoms with van der Waals surface area (Å²) in [5, 5.41) is 14.3. The van der Waals surface area contributed by atoms with E-state index in [1.54, 1.807) is 12.1 Å². The van der Waals surface area contributed by atoms with Crippen LogP contribution >= 0.6 is 0 Å². The average Bonchev–Trinajstić information content (AvgIpc) is 2.73. The van der Waals surface area contributed by atoms with E-state index in [1.807, 2.05) is 24.3 Å². The van der Waals surface area contributed by atoms with E-state index in [0.29, 0.717) is 5.56 Å². The molecule has 0 aliphatic heterocycles. The number of likely N-dealkylation sites (N-methyl/N-ethyl adjacent to an activating group) is 1. The molecule has 0 fully saturated rings. The highest BCUT2D eigenvalue weighted by atomic mass is 32.2. The van der Waals surface area contributed by atoms with Crippen LogP contribution in [0.2, 0.25) is 0 Å². The maximum atomic E-state index is 12.8. The van der Waals surface area contributed by atoms with E-state index in [4.69, 9.17) is 5.11 Å². The number of hydrogen-bond acceptors (Lipinski definition) is 5. The molecule has 30 heavy (non-hydrogen) atoms. The van der Waals surface area contributed by atoms with Gasteiger partial charge in [-0.2, -0.15) is 9.41 Å². The van der Waals surface area contributed by atoms with Crippen molar-refractivity contribution >= 4 is 38.9 Å². The van der Waals surface area contributed by atoms with Crippen molar-refractivity contribution in [3.8, 4) is 0 Å². The molecule has 0 aromatic heterocycles. The van der Waals surface area contributed by atoms with Gasteiger partial charge in [-0.05, 0) is 40.6 Å². The predicted octanol–water partition coefficient (Wildman–Crippen LogP) is 2.31. The minimum Gasteiger partial charge on any atom is -0.478 e. The number of nitrogens with one attached hydrogen (secondary N) is 1. The first-order chi connectivity index (χ1) is 14.3. The fraction of sp³-hybridized carbons (Fsp3) is 0.0952. The first-order valence-corrected chi connectivity index (χ1v) is 10.3. The van der Waals surface area contributed by atoms with Crippen LogP contribution in [-0.4, -0.2) is 49.5 Å². The van der Waals surface area contributed by atoms with Gasteiger partial charge in [0.25, 0.3) is 5.91 Å². The molecule has 0 aliphatic carbocycles. The van der Waals surface area contributed by atoms with Crippen LogP contribution in [0.25, 0.3) is 10.8 Å². The van der Waals surface area contributed by atoms with E-state index in [2.05, 4.69) is 10.5 Å². The van der Waals surface area contributed by atoms with Crippen LogP contribution in [0, 0.1) is 0 Å². The highest BCUT2D eigenvalue weighted by Crippen LogP contribution is 2.21. The molecule has 0 heterocycles. The fourth-order valence-corrected chi connectivity index (χ4v) is 3.88. The van der Waals surface area contributed by atoms with Gasteiger partial charge in [-0.1, -0.05) is 42.5 Å². The number of carbonyl (C=O) groups excluding carboxylic acids is 1. The molecule has 2 N–H and O–H groups in total. The Bertz CT molecular complexity index is 1220. The van der Waals surface area contributed by atoms with Gasteiger partial charge in [-0.3, -0.25) is 4.79 Å². The van der Waals surface area contributed by atoms with E-state index < -0.39 is 28.4 Å². The van der Waals surface area contributed by atoms with E-state index in [0.717, 1.165) is 15.1 Å². The van der Waals surface area contributed by atoms with E-state index >= 15 is 0 Å². The topological polar surface area (TPSA) is 116 Å². The lowest BCUT2D eigenvalue weighted by atomic mass is 10.1. The van der Waals surface area contributed by atoms with Crippen molar-refractivity contribution in [2.45, 2.75) is 4.90 Å². The number of carboxylic acid groups (broad SMARTS) is 1. The zero-order valence-electron chi connectivity index (χ0n) is 16.0. The number of hydrazone groups is 1. The first-order valence-electron chi connectivity index (χ1n) is 8.88. The molecule has 0 unspecified atom stereocenters. The Balaban J connectivity index is 1.62. The Hall–Kier alpha value is -3.56. The molecule has 3 aromatic carbocycles. The summed E-state index contributed by atoms with van der Waals surface area (Å²) in [6, 6.07) is 18.1. The minimum absolute atomic E-state index is 0.0959. The Labute approximate surface area is 173 Å². The fourth-order valence-electron chi connectivity index (χ4n) is 2.72. The van der Waals surface area contributed by atoms with Gasteiger partial charge >= 0.3 is 5.97 Å². The monoisotopic (exact) mass is 425 g/mol. The average molecular weight is 425 g/mol. The summed E-state index contributed by atoms with van der Waals surface area (Å²) in [5.41, 5.74) is 2.98. The van der Waals surface area contributed by atoms with E-state index in [9.17, 15) is 18.0 Å². The molecular formula is C21H19N3O5S. The molecule has 3 rings (SSSR count). The third-order valence-electron chi connectivity index (χ3n) is 4.36. The Morgan fingerprint density at radius 1 is 1.03 bits per heavy atom. The zero-order valence-corrected chi connectivity index (χ0v) is 16.8. The van der Waals surface area contributed by atoms with Gasteiger partial charge in [0.1, 0.15) is 0 Å². The Morgan fingerprint density at radius 2 is 1.70 bits per heavy atom. The molecule has 0 aliphatic rings. The van der Waals surface area contributed by atoms with Crippen molar-refractivity contribution in [3.63, 3.8) is 0 Å². The number of nitrogens with zero attached hydrogens (tertiary/aromatic N) is 2. The highest BCUT2D eigenvalue weighted by molar-refractivity contribution is 7.89. The van der Waals surface area contributed by atoms with Crippen LogP contribution in [-0.2, 0) is 14.8 Å². The summed E-state index contributed by atoms with van der Waals surface area (Å²) in [6.07, 6.45) is 1.33. The Kier molecular flexibility index (Phi) is 6.24. The van der Waals surface area contributed by atoms with Crippen molar-refractivity contribution in [1.82, 2.24) is 9.73 Å². The second-order valence-corrected chi connectivity index (χ2v) is 8.54. The van der Waals surface area contributed by atoms with Crippen molar-refractivity contribution in [1.29, 1.82) is 0 Å². The van der Waals surface area contributed by atoms with Crippen LogP contribution in [0.5, 0.6) is 0 Å². The maximum Gasteiger partial charge on any atom is 0.335 e. The summed E-state index contributed by atoms with van der Waals surface area (Å²) < 4.78 is 26.5. The number of fused-ring (bicyclic) bond motifs is 1. The molecule has 3 aromatic rings. The van der Waals surface area contributed by atoms with Crippen LogP contribution < -0.4 is 5.43 Å². The lowest BCUT2D eigenvalue weighted by molar-refractivity contribution is -0.121. The number of sulfonamides is 1. The van der Waals surface area contributed by atoms with Crippen LogP contribution in [0.3, 0.4) is 0 Å². The van der Waals surface area contributed by atoms with Crippen LogP contribution in [0.15, 0.2) is 76.7 Å². The van der Waals surface area contributed by atoms with Crippen molar-refractivity contribution in [3.05, 3.63) is 77.9 Å². The largest absolute Gasteiger partial charge is 0.478 e. The van der Waals surface area contributed by atoms with Crippen molar-refractivity contribution in [2.75, 3.05) is 13.6 Å². The second kappa shape index (κ2) is 8.85. The number of rotatable bonds is 7. The smallest absolute Gasteiger partial charge is 0.335 e. The normalized spacial score (nSPS) is 11.8. The van der Waals surface area contributed by atoms with Crippen molar-refractivity contribution < 1.29 is 23.1 Å². The van der Waals surface area contributed by atoms with Gasteiger partial charge in [0.15, 0.2) is 0 Å². The molecule has 8 nitrogen and oxygen atoms in total. The van der Waals surface area contributed by atoms with Crippen LogP contribution in [0.1, 0.15) is 15.9 Å². The number of aromatic carboxylic acids is 1. The van der Waals surface area contributed by atoms with Gasteiger partial charge in [-0.15, -0.1) is 0 Å². The number of hydrogen-bond donors (Lipinski definition) is 2. The summed E-state index contributed by atoms with van der Waals surface area (Å²) in [7, 11) is -2.53. The molecule has 1 amide bonds. The highest BCUT2D eigenvalue weighted by Gasteiger charge is 2.23. The molecule has 0 saturated carbocycles. The lowest BCUT2D eigenvalue weighted by Crippen LogP contribution is -2.36. The first kappa shape index (κ1) is 21.2. The molecular weight excluding hydrogens is 406 g/mol. The molecule has 154 valence electrons. The Morgan fingerprint density at radius 3 is 2.37 bits per heavy atom. The van der Waals surface area contributed by atoms with Crippen molar-refractivity contribution in [2.24, 2.45) is 5.10 Å². The summed E-state index contributed by atoms with van der Waals surface area (Å²) in [4.78, 5) is 23.0. The molecule has 0 saturated heterocycles. The molecule has 0 radical (unpaired) electrons. The lowest BCUT2D eigenvalue weighted by Gasteiger charge is -2.16. The van der Waals surface area contributed by atoms with Gasteiger partial charge in [0.05, 0.1) is 23.2 Å². The zero-order chi connectivity index (χ0) is 21.7. The summed E-state index contributed by atoms with van der Waals surface area (Å²) in [6.45, 7) is -0.412. The molecule has 0 atom stereocenters. The van der Waals surface area contributed by atoms with E-state index in [1.165, 1.54) is 43.6 Å². The predicted molar refractivity (Wildman–Crippen MR) is 113 cm³/mol. The van der Waals surface area contributed by atoms with Gasteiger partial charge in [0, 0.05) is 7.05 Å². The molecule has 0 bridgehead atoms. The minimum atomic E-state index is -3.85. The van der Waals surface area contributed by atoms with Gasteiger partial charge in [-0.25, -0.2) is 18.6 Å². The van der Waals surface area contributed by atoms with Crippen LogP contribution in [0.4, 0.5) is 0 Å². The summed E-state index contributed by atoms with van der Waals surface area (Å²) in [5.74, 6) is -1.65. The standard InChI is InChI=1S/C21H19N3O5S/c1-24(30(28,29)19-11-10-16-4-2-3-5-18(16)12-19)14-20(25)23-22-13-15-6-8-17(9-7-15)21(26)27/h2-13H,14H2,1H3,(H,23,25)(H,26,27)/b22-13-. The van der Waals surface area contributed by atoms with E-state index in [-0.39, 0.29) is 10.5 Å². The van der Waals surface area contributed by atoms with Gasteiger partial charge in [0.2, 0.25) is 10.0 Å². The second-order valence-electron chi connectivity index (χ2n) is 6.49.